The molecule has 1 fully saturated rings. The van der Waals surface area contributed by atoms with E-state index in [-0.39, 0.29) is 35.7 Å². The van der Waals surface area contributed by atoms with E-state index in [4.69, 9.17) is 14.2 Å². The molecule has 0 aliphatic carbocycles. The Hall–Kier alpha value is -1.06. The van der Waals surface area contributed by atoms with E-state index in [2.05, 4.69) is 61.5 Å². The van der Waals surface area contributed by atoms with Crippen LogP contribution in [0.25, 0.3) is 0 Å². The minimum absolute atomic E-state index is 0. The summed E-state index contributed by atoms with van der Waals surface area (Å²) in [6.45, 7) is 12.0. The predicted octanol–water partition coefficient (Wildman–Crippen LogP) is 3.65. The highest BCUT2D eigenvalue weighted by atomic mass is 127. The quantitative estimate of drug-likeness (QED) is 0.245. The number of hydrogen-bond donors (Lipinski definition) is 2. The molecule has 2 N–H and O–H groups in total. The number of nitrogens with zero attached hydrogens (tertiary/aromatic N) is 1. The largest absolute Gasteiger partial charge is 0.488 e. The molecule has 28 heavy (non-hydrogen) atoms. The Morgan fingerprint density at radius 3 is 2.71 bits per heavy atom. The summed E-state index contributed by atoms with van der Waals surface area (Å²) in [6.07, 6.45) is 2.21. The SMILES string of the molecule is CN=C(NCCCOC1CCOC1)NCc1ccc(C)cc1OC(C)(C)C.I. The van der Waals surface area contributed by atoms with Gasteiger partial charge in [-0.05, 0) is 52.2 Å². The summed E-state index contributed by atoms with van der Waals surface area (Å²) in [5.74, 6) is 1.69. The third kappa shape index (κ3) is 9.43. The maximum atomic E-state index is 6.11. The predicted molar refractivity (Wildman–Crippen MR) is 125 cm³/mol. The Bertz CT molecular complexity index is 611. The number of guanidine groups is 1. The molecule has 1 heterocycles. The molecule has 160 valence electrons. The first-order valence-electron chi connectivity index (χ1n) is 9.80. The van der Waals surface area contributed by atoms with E-state index in [1.165, 1.54) is 5.56 Å². The molecule has 1 aromatic carbocycles. The van der Waals surface area contributed by atoms with Crippen molar-refractivity contribution in [3.05, 3.63) is 29.3 Å². The second-order valence-corrected chi connectivity index (χ2v) is 7.89. The van der Waals surface area contributed by atoms with Crippen LogP contribution < -0.4 is 15.4 Å². The molecule has 1 aliphatic heterocycles. The summed E-state index contributed by atoms with van der Waals surface area (Å²) < 4.78 is 17.2. The van der Waals surface area contributed by atoms with Gasteiger partial charge in [0.2, 0.25) is 0 Å². The van der Waals surface area contributed by atoms with Gasteiger partial charge in [-0.25, -0.2) is 0 Å². The van der Waals surface area contributed by atoms with Crippen LogP contribution in [0, 0.1) is 6.92 Å². The molecule has 1 saturated heterocycles. The topological polar surface area (TPSA) is 64.1 Å². The Kier molecular flexibility index (Phi) is 11.1. The summed E-state index contributed by atoms with van der Waals surface area (Å²) in [6, 6.07) is 6.30. The average molecular weight is 505 g/mol. The number of hydrogen-bond acceptors (Lipinski definition) is 4. The van der Waals surface area contributed by atoms with Crippen molar-refractivity contribution in [1.29, 1.82) is 0 Å². The molecule has 1 atom stereocenters. The van der Waals surface area contributed by atoms with Crippen LogP contribution in [0.3, 0.4) is 0 Å². The van der Waals surface area contributed by atoms with Gasteiger partial charge >= 0.3 is 0 Å². The van der Waals surface area contributed by atoms with E-state index in [0.29, 0.717) is 6.54 Å². The summed E-state index contributed by atoms with van der Waals surface area (Å²) in [5, 5.41) is 6.69. The van der Waals surface area contributed by atoms with Crippen LogP contribution in [-0.4, -0.2) is 51.1 Å². The Labute approximate surface area is 186 Å². The maximum absolute atomic E-state index is 6.11. The molecule has 1 aromatic rings. The van der Waals surface area contributed by atoms with Crippen LogP contribution >= 0.6 is 24.0 Å². The van der Waals surface area contributed by atoms with E-state index in [1.54, 1.807) is 7.05 Å². The summed E-state index contributed by atoms with van der Waals surface area (Å²) >= 11 is 0. The summed E-state index contributed by atoms with van der Waals surface area (Å²) in [5.41, 5.74) is 2.07. The molecule has 0 bridgehead atoms. The highest BCUT2D eigenvalue weighted by Crippen LogP contribution is 2.24. The van der Waals surface area contributed by atoms with Crippen molar-refractivity contribution in [2.45, 2.75) is 58.8 Å². The third-order valence-electron chi connectivity index (χ3n) is 4.16. The van der Waals surface area contributed by atoms with Gasteiger partial charge in [0.1, 0.15) is 11.4 Å². The van der Waals surface area contributed by atoms with Gasteiger partial charge < -0.3 is 24.8 Å². The van der Waals surface area contributed by atoms with Gasteiger partial charge in [-0.2, -0.15) is 0 Å². The van der Waals surface area contributed by atoms with E-state index < -0.39 is 0 Å². The number of rotatable bonds is 8. The monoisotopic (exact) mass is 505 g/mol. The lowest BCUT2D eigenvalue weighted by Gasteiger charge is -2.24. The molecule has 2 rings (SSSR count). The number of aliphatic imine (C=N–C) groups is 1. The normalized spacial score (nSPS) is 17.2. The first-order chi connectivity index (χ1) is 12.9. The molecule has 1 aliphatic rings. The van der Waals surface area contributed by atoms with E-state index in [0.717, 1.165) is 56.5 Å². The minimum atomic E-state index is -0.229. The summed E-state index contributed by atoms with van der Waals surface area (Å²) in [4.78, 5) is 4.29. The minimum Gasteiger partial charge on any atom is -0.488 e. The van der Waals surface area contributed by atoms with E-state index in [9.17, 15) is 0 Å². The lowest BCUT2D eigenvalue weighted by molar-refractivity contribution is 0.0420. The number of benzene rings is 1. The van der Waals surface area contributed by atoms with E-state index >= 15 is 0 Å². The smallest absolute Gasteiger partial charge is 0.191 e. The van der Waals surface area contributed by atoms with Gasteiger partial charge in [0.15, 0.2) is 5.96 Å². The summed E-state index contributed by atoms with van der Waals surface area (Å²) in [7, 11) is 1.78. The third-order valence-corrected chi connectivity index (χ3v) is 4.16. The van der Waals surface area contributed by atoms with E-state index in [1.807, 2.05) is 0 Å². The lowest BCUT2D eigenvalue weighted by Crippen LogP contribution is -2.38. The second kappa shape index (κ2) is 12.5. The molecular weight excluding hydrogens is 469 g/mol. The fourth-order valence-corrected chi connectivity index (χ4v) is 2.81. The zero-order valence-corrected chi connectivity index (χ0v) is 20.2. The van der Waals surface area contributed by atoms with Gasteiger partial charge in [0.25, 0.3) is 0 Å². The highest BCUT2D eigenvalue weighted by molar-refractivity contribution is 14.0. The Morgan fingerprint density at radius 1 is 1.29 bits per heavy atom. The molecule has 1 unspecified atom stereocenters. The van der Waals surface area contributed by atoms with Crippen molar-refractivity contribution in [3.63, 3.8) is 0 Å². The van der Waals surface area contributed by atoms with Crippen molar-refractivity contribution >= 4 is 29.9 Å². The van der Waals surface area contributed by atoms with Crippen molar-refractivity contribution < 1.29 is 14.2 Å². The molecule has 0 saturated carbocycles. The Balaban J connectivity index is 0.00000392. The average Bonchev–Trinajstić information content (AvgIpc) is 3.10. The zero-order valence-electron chi connectivity index (χ0n) is 17.8. The molecule has 6 nitrogen and oxygen atoms in total. The first-order valence-corrected chi connectivity index (χ1v) is 9.80. The number of ether oxygens (including phenoxy) is 3. The molecule has 0 aromatic heterocycles. The van der Waals surface area contributed by atoms with Crippen LogP contribution in [0.5, 0.6) is 5.75 Å². The van der Waals surface area contributed by atoms with Crippen molar-refractivity contribution in [2.75, 3.05) is 33.4 Å². The lowest BCUT2D eigenvalue weighted by atomic mass is 10.1. The fraction of sp³-hybridized carbons (Fsp3) is 0.667. The molecule has 0 amide bonds. The standard InChI is InChI=1S/C21H35N3O3.HI/c1-16-7-8-17(19(13-16)27-21(2,3)4)14-24-20(22-5)23-10-6-11-26-18-9-12-25-15-18;/h7-8,13,18H,6,9-12,14-15H2,1-5H3,(H2,22,23,24);1H. The van der Waals surface area contributed by atoms with Crippen LogP contribution in [0.2, 0.25) is 0 Å². The van der Waals surface area contributed by atoms with Gasteiger partial charge in [0.05, 0.1) is 12.7 Å². The molecule has 0 spiro atoms. The van der Waals surface area contributed by atoms with Gasteiger partial charge in [0, 0.05) is 38.9 Å². The van der Waals surface area contributed by atoms with Crippen LogP contribution in [0.4, 0.5) is 0 Å². The van der Waals surface area contributed by atoms with Gasteiger partial charge in [-0.1, -0.05) is 12.1 Å². The van der Waals surface area contributed by atoms with Gasteiger partial charge in [-0.15, -0.1) is 24.0 Å². The number of aryl methyl sites for hydroxylation is 1. The number of halogens is 1. The molecular formula is C21H36IN3O3. The van der Waals surface area contributed by atoms with Crippen molar-refractivity contribution in [1.82, 2.24) is 10.6 Å². The zero-order chi connectivity index (χ0) is 19.7. The molecule has 7 heteroatoms. The van der Waals surface area contributed by atoms with Crippen molar-refractivity contribution in [2.24, 2.45) is 4.99 Å². The highest BCUT2D eigenvalue weighted by Gasteiger charge is 2.16. The molecule has 0 radical (unpaired) electrons. The Morgan fingerprint density at radius 2 is 2.07 bits per heavy atom. The van der Waals surface area contributed by atoms with Gasteiger partial charge in [-0.3, -0.25) is 4.99 Å². The fourth-order valence-electron chi connectivity index (χ4n) is 2.81. The van der Waals surface area contributed by atoms with Crippen molar-refractivity contribution in [3.8, 4) is 5.75 Å². The number of nitrogens with one attached hydrogen (secondary N) is 2. The van der Waals surface area contributed by atoms with Crippen LogP contribution in [-0.2, 0) is 16.0 Å². The van der Waals surface area contributed by atoms with Crippen LogP contribution in [0.1, 0.15) is 44.7 Å². The maximum Gasteiger partial charge on any atom is 0.191 e. The first kappa shape index (κ1) is 25.0. The second-order valence-electron chi connectivity index (χ2n) is 7.89. The van der Waals surface area contributed by atoms with Crippen LogP contribution in [0.15, 0.2) is 23.2 Å².